The van der Waals surface area contributed by atoms with E-state index in [1.165, 1.54) is 6.42 Å². The van der Waals surface area contributed by atoms with Crippen molar-refractivity contribution in [1.29, 1.82) is 0 Å². The number of carbonyl (C=O) groups is 2. The minimum Gasteiger partial charge on any atom is -0.370 e. The first kappa shape index (κ1) is 14.0. The van der Waals surface area contributed by atoms with Crippen LogP contribution in [0.15, 0.2) is 36.7 Å². The normalized spacial score (nSPS) is 12.1. The smallest absolute Gasteiger partial charge is 0.228 e. The number of nitrogens with one attached hydrogen (secondary N) is 1. The second-order valence-corrected chi connectivity index (χ2v) is 4.71. The third-order valence-corrected chi connectivity index (χ3v) is 2.90. The summed E-state index contributed by atoms with van der Waals surface area (Å²) in [4.78, 5) is 26.8. The number of pyridine rings is 1. The van der Waals surface area contributed by atoms with Gasteiger partial charge >= 0.3 is 0 Å². The zero-order valence-electron chi connectivity index (χ0n) is 11.2. The van der Waals surface area contributed by atoms with Gasteiger partial charge in [-0.3, -0.25) is 14.6 Å². The van der Waals surface area contributed by atoms with Crippen molar-refractivity contribution in [3.05, 3.63) is 43.1 Å². The Hall–Kier alpha value is -2.43. The van der Waals surface area contributed by atoms with Gasteiger partial charge < -0.3 is 11.1 Å². The predicted octanol–water partition coefficient (Wildman–Crippen LogP) is 1.89. The van der Waals surface area contributed by atoms with E-state index in [1.54, 1.807) is 19.3 Å². The second kappa shape index (κ2) is 6.14. The average Bonchev–Trinajstić information content (AvgIpc) is 2.38. The first-order chi connectivity index (χ1) is 9.56. The number of amides is 2. The van der Waals surface area contributed by atoms with Crippen LogP contribution in [0, 0.1) is 12.3 Å². The maximum absolute atomic E-state index is 11.9. The number of fused-ring (bicyclic) bond motifs is 1. The lowest BCUT2D eigenvalue weighted by Crippen LogP contribution is -2.20. The molecule has 20 heavy (non-hydrogen) atoms. The molecule has 0 saturated carbocycles. The fourth-order valence-corrected chi connectivity index (χ4v) is 2.03. The minimum atomic E-state index is -0.420. The van der Waals surface area contributed by atoms with E-state index >= 15 is 0 Å². The highest BCUT2D eigenvalue weighted by Crippen LogP contribution is 2.22. The van der Waals surface area contributed by atoms with Crippen molar-refractivity contribution in [2.24, 2.45) is 11.7 Å². The molecule has 0 bridgehead atoms. The summed E-state index contributed by atoms with van der Waals surface area (Å²) in [5.74, 6) is -0.869. The second-order valence-electron chi connectivity index (χ2n) is 4.71. The Morgan fingerprint density at radius 3 is 2.95 bits per heavy atom. The summed E-state index contributed by atoms with van der Waals surface area (Å²) in [5.41, 5.74) is 5.79. The summed E-state index contributed by atoms with van der Waals surface area (Å²) in [6.07, 6.45) is 5.03. The van der Waals surface area contributed by atoms with Gasteiger partial charge in [0.1, 0.15) is 0 Å². The van der Waals surface area contributed by atoms with E-state index < -0.39 is 5.91 Å². The SMILES string of the molecule is C[C@@H]([CH]C(=O)Nc1cccc2ccncc12)CC(N)=O. The average molecular weight is 270 g/mol. The molecule has 0 aliphatic heterocycles. The van der Waals surface area contributed by atoms with E-state index in [-0.39, 0.29) is 18.2 Å². The van der Waals surface area contributed by atoms with Gasteiger partial charge in [-0.25, -0.2) is 0 Å². The van der Waals surface area contributed by atoms with Crippen LogP contribution in [0.5, 0.6) is 0 Å². The van der Waals surface area contributed by atoms with E-state index in [0.717, 1.165) is 10.8 Å². The molecule has 1 heterocycles. The molecule has 0 aliphatic rings. The minimum absolute atomic E-state index is 0.157. The molecule has 2 amide bonds. The standard InChI is InChI=1S/C15H16N3O2/c1-10(7-14(16)19)8-15(20)18-13-4-2-3-11-5-6-17-9-12(11)13/h2-6,8-10H,7H2,1H3,(H2,16,19)(H,18,20)/t10-/m1/s1. The van der Waals surface area contributed by atoms with Crippen molar-refractivity contribution in [3.63, 3.8) is 0 Å². The monoisotopic (exact) mass is 270 g/mol. The van der Waals surface area contributed by atoms with E-state index in [2.05, 4.69) is 10.3 Å². The van der Waals surface area contributed by atoms with E-state index in [9.17, 15) is 9.59 Å². The van der Waals surface area contributed by atoms with Crippen LogP contribution in [-0.2, 0) is 9.59 Å². The molecule has 3 N–H and O–H groups in total. The van der Waals surface area contributed by atoms with Gasteiger partial charge in [-0.15, -0.1) is 0 Å². The van der Waals surface area contributed by atoms with Crippen LogP contribution in [0.1, 0.15) is 13.3 Å². The van der Waals surface area contributed by atoms with Gasteiger partial charge in [0.25, 0.3) is 0 Å². The van der Waals surface area contributed by atoms with Crippen molar-refractivity contribution >= 4 is 28.3 Å². The third-order valence-electron chi connectivity index (χ3n) is 2.90. The number of nitrogens with two attached hydrogens (primary N) is 1. The van der Waals surface area contributed by atoms with Crippen LogP contribution in [0.25, 0.3) is 10.8 Å². The Morgan fingerprint density at radius 1 is 1.40 bits per heavy atom. The molecule has 1 aromatic heterocycles. The lowest BCUT2D eigenvalue weighted by molar-refractivity contribution is -0.118. The zero-order chi connectivity index (χ0) is 14.5. The maximum Gasteiger partial charge on any atom is 0.228 e. The van der Waals surface area contributed by atoms with Gasteiger partial charge in [0, 0.05) is 24.2 Å². The van der Waals surface area contributed by atoms with Crippen molar-refractivity contribution < 1.29 is 9.59 Å². The number of primary amides is 1. The van der Waals surface area contributed by atoms with Gasteiger partial charge in [0.15, 0.2) is 0 Å². The fourth-order valence-electron chi connectivity index (χ4n) is 2.03. The number of nitrogens with zero attached hydrogens (tertiary/aromatic N) is 1. The summed E-state index contributed by atoms with van der Waals surface area (Å²) in [5, 5.41) is 4.68. The highest BCUT2D eigenvalue weighted by Gasteiger charge is 2.13. The molecule has 2 rings (SSSR count). The third kappa shape index (κ3) is 3.54. The van der Waals surface area contributed by atoms with Crippen LogP contribution in [0.4, 0.5) is 5.69 Å². The molecule has 5 heteroatoms. The number of rotatable bonds is 5. The van der Waals surface area contributed by atoms with Gasteiger partial charge in [-0.05, 0) is 23.4 Å². The molecule has 5 nitrogen and oxygen atoms in total. The molecule has 2 aromatic rings. The van der Waals surface area contributed by atoms with Gasteiger partial charge in [0.2, 0.25) is 11.8 Å². The molecule has 1 radical (unpaired) electrons. The lowest BCUT2D eigenvalue weighted by atomic mass is 10.0. The Morgan fingerprint density at radius 2 is 2.20 bits per heavy atom. The number of carbonyl (C=O) groups excluding carboxylic acids is 2. The molecule has 0 saturated heterocycles. The summed E-state index contributed by atoms with van der Waals surface area (Å²) >= 11 is 0. The lowest BCUT2D eigenvalue weighted by Gasteiger charge is -2.11. The van der Waals surface area contributed by atoms with E-state index in [1.807, 2.05) is 24.3 Å². The maximum atomic E-state index is 11.9. The van der Waals surface area contributed by atoms with Crippen molar-refractivity contribution in [2.75, 3.05) is 5.32 Å². The van der Waals surface area contributed by atoms with Gasteiger partial charge in [-0.2, -0.15) is 0 Å². The van der Waals surface area contributed by atoms with Crippen molar-refractivity contribution in [1.82, 2.24) is 4.98 Å². The molecule has 103 valence electrons. The number of hydrogen-bond donors (Lipinski definition) is 2. The first-order valence-corrected chi connectivity index (χ1v) is 6.33. The molecular formula is C15H16N3O2. The quantitative estimate of drug-likeness (QED) is 0.870. The van der Waals surface area contributed by atoms with Crippen LogP contribution < -0.4 is 11.1 Å². The van der Waals surface area contributed by atoms with E-state index in [4.69, 9.17) is 5.73 Å². The molecule has 0 aliphatic carbocycles. The Bertz CT molecular complexity index is 635. The molecular weight excluding hydrogens is 254 g/mol. The van der Waals surface area contributed by atoms with Crippen LogP contribution in [-0.4, -0.2) is 16.8 Å². The summed E-state index contributed by atoms with van der Waals surface area (Å²) < 4.78 is 0. The Balaban J connectivity index is 2.08. The first-order valence-electron chi connectivity index (χ1n) is 6.33. The number of hydrogen-bond acceptors (Lipinski definition) is 3. The summed E-state index contributed by atoms with van der Waals surface area (Å²) in [6.45, 7) is 1.77. The fraction of sp³-hybridized carbons (Fsp3) is 0.200. The highest BCUT2D eigenvalue weighted by atomic mass is 16.2. The Labute approximate surface area is 117 Å². The summed E-state index contributed by atoms with van der Waals surface area (Å²) in [7, 11) is 0. The topological polar surface area (TPSA) is 85.1 Å². The van der Waals surface area contributed by atoms with Gasteiger partial charge in [0.05, 0.1) is 12.1 Å². The number of anilines is 1. The molecule has 0 fully saturated rings. The van der Waals surface area contributed by atoms with Crippen LogP contribution in [0.3, 0.4) is 0 Å². The molecule has 0 unspecified atom stereocenters. The Kier molecular flexibility index (Phi) is 4.30. The molecule has 1 aromatic carbocycles. The molecule has 1 atom stereocenters. The van der Waals surface area contributed by atoms with Crippen molar-refractivity contribution in [3.8, 4) is 0 Å². The van der Waals surface area contributed by atoms with E-state index in [0.29, 0.717) is 5.69 Å². The highest BCUT2D eigenvalue weighted by molar-refractivity contribution is 6.04. The molecule has 0 spiro atoms. The van der Waals surface area contributed by atoms with Crippen LogP contribution >= 0.6 is 0 Å². The predicted molar refractivity (Wildman–Crippen MR) is 77.6 cm³/mol. The number of aromatic nitrogens is 1. The summed E-state index contributed by atoms with van der Waals surface area (Å²) in [6, 6.07) is 7.51. The van der Waals surface area contributed by atoms with Crippen molar-refractivity contribution in [2.45, 2.75) is 13.3 Å². The largest absolute Gasteiger partial charge is 0.370 e. The number of benzene rings is 1. The van der Waals surface area contributed by atoms with Gasteiger partial charge in [-0.1, -0.05) is 19.1 Å². The zero-order valence-corrected chi connectivity index (χ0v) is 11.2. The van der Waals surface area contributed by atoms with Crippen LogP contribution in [0.2, 0.25) is 0 Å².